The van der Waals surface area contributed by atoms with Crippen LogP contribution in [0.2, 0.25) is 0 Å². The number of hydrogen-bond donors (Lipinski definition) is 1. The second-order valence-electron chi connectivity index (χ2n) is 5.22. The maximum absolute atomic E-state index is 4.40. The van der Waals surface area contributed by atoms with Crippen LogP contribution < -0.4 is 10.2 Å². The van der Waals surface area contributed by atoms with Gasteiger partial charge < -0.3 is 14.8 Å². The van der Waals surface area contributed by atoms with E-state index >= 15 is 0 Å². The molecule has 0 aliphatic carbocycles. The molecule has 1 heterocycles. The number of rotatable bonds is 6. The lowest BCUT2D eigenvalue weighted by molar-refractivity contribution is 0.716. The summed E-state index contributed by atoms with van der Waals surface area (Å²) in [5.41, 5.74) is 3.90. The number of nitrogens with zero attached hydrogens (tertiary/aromatic N) is 3. The van der Waals surface area contributed by atoms with Gasteiger partial charge in [-0.2, -0.15) is 0 Å². The summed E-state index contributed by atoms with van der Waals surface area (Å²) in [6.07, 6.45) is 3.83. The van der Waals surface area contributed by atoms with E-state index in [0.29, 0.717) is 0 Å². The number of aryl methyl sites for hydroxylation is 2. The number of hydrogen-bond acceptors (Lipinski definition) is 3. The Morgan fingerprint density at radius 3 is 2.80 bits per heavy atom. The van der Waals surface area contributed by atoms with Gasteiger partial charge in [0.05, 0.1) is 6.54 Å². The average Bonchev–Trinajstić information content (AvgIpc) is 2.82. The summed E-state index contributed by atoms with van der Waals surface area (Å²) in [4.78, 5) is 6.65. The molecule has 2 aromatic rings. The Bertz CT molecular complexity index is 559. The van der Waals surface area contributed by atoms with Gasteiger partial charge in [0.25, 0.3) is 0 Å². The molecule has 4 nitrogen and oxygen atoms in total. The molecular formula is C16H24N4. The fourth-order valence-corrected chi connectivity index (χ4v) is 2.33. The molecule has 0 aliphatic heterocycles. The maximum atomic E-state index is 4.40. The third-order valence-electron chi connectivity index (χ3n) is 3.51. The van der Waals surface area contributed by atoms with Gasteiger partial charge >= 0.3 is 0 Å². The number of nitrogens with one attached hydrogen (secondary N) is 1. The van der Waals surface area contributed by atoms with Crippen LogP contribution in [-0.4, -0.2) is 23.1 Å². The third kappa shape index (κ3) is 3.39. The first-order valence-corrected chi connectivity index (χ1v) is 7.09. The zero-order valence-electron chi connectivity index (χ0n) is 12.8. The van der Waals surface area contributed by atoms with E-state index in [1.54, 1.807) is 0 Å². The van der Waals surface area contributed by atoms with Crippen LogP contribution >= 0.6 is 0 Å². The highest BCUT2D eigenvalue weighted by Crippen LogP contribution is 2.22. The van der Waals surface area contributed by atoms with Crippen molar-refractivity contribution >= 4 is 5.69 Å². The highest BCUT2D eigenvalue weighted by Gasteiger charge is 2.10. The van der Waals surface area contributed by atoms with Crippen molar-refractivity contribution in [3.63, 3.8) is 0 Å². The predicted molar refractivity (Wildman–Crippen MR) is 83.9 cm³/mol. The number of anilines is 1. The van der Waals surface area contributed by atoms with Crippen LogP contribution in [0.15, 0.2) is 30.6 Å². The first-order chi connectivity index (χ1) is 9.61. The summed E-state index contributed by atoms with van der Waals surface area (Å²) in [5, 5.41) is 3.41. The molecule has 0 saturated heterocycles. The van der Waals surface area contributed by atoms with Crippen molar-refractivity contribution in [3.8, 4) is 0 Å². The molecule has 0 aliphatic rings. The standard InChI is InChI=1S/C16H24N4/c1-5-17-11-14-10-13(2)6-7-15(14)20(4)12-16-18-8-9-19(16)3/h6-10,17H,5,11-12H2,1-4H3. The van der Waals surface area contributed by atoms with E-state index in [2.05, 4.69) is 58.9 Å². The number of aromatic nitrogens is 2. The molecule has 0 unspecified atom stereocenters. The minimum atomic E-state index is 0.811. The highest BCUT2D eigenvalue weighted by molar-refractivity contribution is 5.54. The predicted octanol–water partition coefficient (Wildman–Crippen LogP) is 2.47. The van der Waals surface area contributed by atoms with E-state index < -0.39 is 0 Å². The van der Waals surface area contributed by atoms with E-state index in [1.807, 2.05) is 19.4 Å². The summed E-state index contributed by atoms with van der Waals surface area (Å²) in [6.45, 7) is 6.96. The molecule has 0 spiro atoms. The lowest BCUT2D eigenvalue weighted by Gasteiger charge is -2.23. The Balaban J connectivity index is 2.20. The normalized spacial score (nSPS) is 10.8. The highest BCUT2D eigenvalue weighted by atomic mass is 15.2. The van der Waals surface area contributed by atoms with Gasteiger partial charge in [-0.05, 0) is 25.1 Å². The van der Waals surface area contributed by atoms with Crippen LogP contribution in [0.1, 0.15) is 23.9 Å². The van der Waals surface area contributed by atoms with E-state index in [9.17, 15) is 0 Å². The average molecular weight is 272 g/mol. The Kier molecular flexibility index (Phi) is 4.79. The summed E-state index contributed by atoms with van der Waals surface area (Å²) >= 11 is 0. The van der Waals surface area contributed by atoms with Crippen molar-refractivity contribution in [2.24, 2.45) is 7.05 Å². The van der Waals surface area contributed by atoms with Gasteiger partial charge in [0.15, 0.2) is 0 Å². The van der Waals surface area contributed by atoms with Gasteiger partial charge in [-0.25, -0.2) is 4.98 Å². The minimum absolute atomic E-state index is 0.811. The van der Waals surface area contributed by atoms with Crippen molar-refractivity contribution in [1.82, 2.24) is 14.9 Å². The van der Waals surface area contributed by atoms with Crippen LogP contribution in [0, 0.1) is 6.92 Å². The first kappa shape index (κ1) is 14.6. The zero-order chi connectivity index (χ0) is 14.5. The molecule has 2 rings (SSSR count). The SMILES string of the molecule is CCNCc1cc(C)ccc1N(C)Cc1nccn1C. The summed E-state index contributed by atoms with van der Waals surface area (Å²) < 4.78 is 2.06. The Hall–Kier alpha value is -1.81. The maximum Gasteiger partial charge on any atom is 0.127 e. The molecule has 108 valence electrons. The van der Waals surface area contributed by atoms with Crippen molar-refractivity contribution in [3.05, 3.63) is 47.5 Å². The van der Waals surface area contributed by atoms with Crippen LogP contribution in [-0.2, 0) is 20.1 Å². The van der Waals surface area contributed by atoms with Crippen molar-refractivity contribution in [2.45, 2.75) is 26.9 Å². The van der Waals surface area contributed by atoms with E-state index in [-0.39, 0.29) is 0 Å². The van der Waals surface area contributed by atoms with Gasteiger partial charge in [-0.3, -0.25) is 0 Å². The fraction of sp³-hybridized carbons (Fsp3) is 0.438. The Morgan fingerprint density at radius 1 is 1.35 bits per heavy atom. The van der Waals surface area contributed by atoms with Crippen LogP contribution in [0.5, 0.6) is 0 Å². The molecule has 0 amide bonds. The van der Waals surface area contributed by atoms with Gasteiger partial charge in [-0.1, -0.05) is 24.6 Å². The monoisotopic (exact) mass is 272 g/mol. The fourth-order valence-electron chi connectivity index (χ4n) is 2.33. The lowest BCUT2D eigenvalue weighted by atomic mass is 10.1. The summed E-state index contributed by atoms with van der Waals surface area (Å²) in [7, 11) is 4.15. The van der Waals surface area contributed by atoms with Crippen molar-refractivity contribution in [2.75, 3.05) is 18.5 Å². The van der Waals surface area contributed by atoms with Gasteiger partial charge in [0.2, 0.25) is 0 Å². The molecule has 0 fully saturated rings. The third-order valence-corrected chi connectivity index (χ3v) is 3.51. The minimum Gasteiger partial charge on any atom is -0.367 e. The molecule has 0 saturated carbocycles. The summed E-state index contributed by atoms with van der Waals surface area (Å²) in [6, 6.07) is 6.62. The van der Waals surface area contributed by atoms with Crippen LogP contribution in [0.4, 0.5) is 5.69 Å². The zero-order valence-corrected chi connectivity index (χ0v) is 12.8. The molecular weight excluding hydrogens is 248 g/mol. The van der Waals surface area contributed by atoms with Crippen molar-refractivity contribution in [1.29, 1.82) is 0 Å². The van der Waals surface area contributed by atoms with Gasteiger partial charge in [0.1, 0.15) is 5.82 Å². The van der Waals surface area contributed by atoms with Crippen LogP contribution in [0.25, 0.3) is 0 Å². The number of benzene rings is 1. The second kappa shape index (κ2) is 6.57. The smallest absolute Gasteiger partial charge is 0.127 e. The topological polar surface area (TPSA) is 33.1 Å². The summed E-state index contributed by atoms with van der Waals surface area (Å²) in [5.74, 6) is 1.07. The molecule has 4 heteroatoms. The van der Waals surface area contributed by atoms with Gasteiger partial charge in [-0.15, -0.1) is 0 Å². The first-order valence-electron chi connectivity index (χ1n) is 7.09. The quantitative estimate of drug-likeness (QED) is 0.877. The molecule has 20 heavy (non-hydrogen) atoms. The lowest BCUT2D eigenvalue weighted by Crippen LogP contribution is -2.22. The molecule has 0 atom stereocenters. The molecule has 0 bridgehead atoms. The van der Waals surface area contributed by atoms with Gasteiger partial charge in [0, 0.05) is 38.7 Å². The second-order valence-corrected chi connectivity index (χ2v) is 5.22. The molecule has 0 radical (unpaired) electrons. The Morgan fingerprint density at radius 2 is 2.15 bits per heavy atom. The van der Waals surface area contributed by atoms with E-state index in [0.717, 1.165) is 25.5 Å². The van der Waals surface area contributed by atoms with E-state index in [1.165, 1.54) is 16.8 Å². The molecule has 1 aromatic heterocycles. The number of imidazole rings is 1. The molecule has 1 N–H and O–H groups in total. The Labute approximate surface area is 121 Å². The van der Waals surface area contributed by atoms with Crippen molar-refractivity contribution < 1.29 is 0 Å². The molecule has 1 aromatic carbocycles. The largest absolute Gasteiger partial charge is 0.367 e. The van der Waals surface area contributed by atoms with E-state index in [4.69, 9.17) is 0 Å². The van der Waals surface area contributed by atoms with Crippen LogP contribution in [0.3, 0.4) is 0 Å².